The van der Waals surface area contributed by atoms with E-state index in [1.807, 2.05) is 60.4 Å². The molecular weight excluding hydrogens is 684 g/mol. The van der Waals surface area contributed by atoms with E-state index in [2.05, 4.69) is 17.0 Å². The highest BCUT2D eigenvalue weighted by molar-refractivity contribution is 5.81. The highest BCUT2D eigenvalue weighted by Gasteiger charge is 2.39. The smallest absolute Gasteiger partial charge is 0.410 e. The molecule has 14 nitrogen and oxygen atoms in total. The second-order valence-corrected chi connectivity index (χ2v) is 14.4. The Bertz CT molecular complexity index is 1490. The Morgan fingerprint density at radius 3 is 1.74 bits per heavy atom. The normalized spacial score (nSPS) is 20.5. The first-order chi connectivity index (χ1) is 25.1. The summed E-state index contributed by atoms with van der Waals surface area (Å²) in [6, 6.07) is 19.3. The van der Waals surface area contributed by atoms with Gasteiger partial charge in [0.2, 0.25) is 0 Å². The van der Waals surface area contributed by atoms with Crippen molar-refractivity contribution in [2.45, 2.75) is 91.4 Å². The summed E-state index contributed by atoms with van der Waals surface area (Å²) in [5.74, 6) is -1.56. The number of nitrogens with zero attached hydrogens (tertiary/aromatic N) is 4. The maximum atomic E-state index is 12.8. The molecule has 0 saturated carbocycles. The topological polar surface area (TPSA) is 155 Å². The van der Waals surface area contributed by atoms with Gasteiger partial charge < -0.3 is 38.8 Å². The van der Waals surface area contributed by atoms with Gasteiger partial charge in [-0.1, -0.05) is 60.7 Å². The van der Waals surface area contributed by atoms with Crippen LogP contribution in [0.2, 0.25) is 0 Å². The van der Waals surface area contributed by atoms with Crippen LogP contribution in [-0.4, -0.2) is 137 Å². The van der Waals surface area contributed by atoms with Gasteiger partial charge in [-0.2, -0.15) is 0 Å². The average molecular weight is 741 g/mol. The Balaban J connectivity index is 0.000000297. The fraction of sp³-hybridized carbons (Fsp3) is 0.564. The van der Waals surface area contributed by atoms with Gasteiger partial charge in [-0.3, -0.25) is 24.1 Å². The second-order valence-electron chi connectivity index (χ2n) is 14.4. The van der Waals surface area contributed by atoms with Crippen LogP contribution in [0.5, 0.6) is 0 Å². The molecule has 0 radical (unpaired) electrons. The predicted molar refractivity (Wildman–Crippen MR) is 196 cm³/mol. The van der Waals surface area contributed by atoms with E-state index >= 15 is 0 Å². The van der Waals surface area contributed by atoms with E-state index in [1.54, 1.807) is 27.7 Å². The molecule has 0 spiro atoms. The van der Waals surface area contributed by atoms with E-state index in [4.69, 9.17) is 18.9 Å². The van der Waals surface area contributed by atoms with E-state index in [-0.39, 0.29) is 56.9 Å². The van der Waals surface area contributed by atoms with Crippen molar-refractivity contribution in [1.29, 1.82) is 0 Å². The van der Waals surface area contributed by atoms with Crippen LogP contribution in [0.4, 0.5) is 4.79 Å². The van der Waals surface area contributed by atoms with Crippen molar-refractivity contribution in [2.24, 2.45) is 0 Å². The molecule has 2 aliphatic heterocycles. The number of hydrogen-bond donors (Lipinski definition) is 1. The van der Waals surface area contributed by atoms with Gasteiger partial charge >= 0.3 is 18.0 Å². The summed E-state index contributed by atoms with van der Waals surface area (Å²) < 4.78 is 21.0. The first kappa shape index (κ1) is 42.9. The number of rotatable bonds is 11. The molecule has 2 aromatic carbocycles. The lowest BCUT2D eigenvalue weighted by atomic mass is 10.1. The molecule has 0 aromatic heterocycles. The van der Waals surface area contributed by atoms with Gasteiger partial charge in [-0.05, 0) is 45.7 Å². The highest BCUT2D eigenvalue weighted by atomic mass is 16.6. The minimum Gasteiger partial charge on any atom is -0.456 e. The second kappa shape index (κ2) is 20.6. The monoisotopic (exact) mass is 740 g/mol. The van der Waals surface area contributed by atoms with Crippen molar-refractivity contribution in [3.8, 4) is 0 Å². The molecule has 292 valence electrons. The standard InChI is InChI=1S/C24H30N2O4.C15H26N2O6/c1-19-13-25(14-21-9-5-3-6-10-21)15-23(26(19)24(28)18-30-20(2)27)17-29-16-22-11-7-4-8-12-22;1-10-6-16(14(21)23-15(3,4)5)7-12(8-18)17(10)13(20)9-22-11(2)19/h3-12,19,23H,13-18H2,1-2H3;10,12,18H,6-9H2,1-5H3/t19-,23+;10-,12+/m00/s1. The van der Waals surface area contributed by atoms with Gasteiger partial charge in [-0.25, -0.2) is 4.79 Å². The van der Waals surface area contributed by atoms with Gasteiger partial charge in [0.1, 0.15) is 5.60 Å². The molecule has 3 amide bonds. The molecule has 0 bridgehead atoms. The summed E-state index contributed by atoms with van der Waals surface area (Å²) in [4.78, 5) is 66.2. The number of ether oxygens (including phenoxy) is 4. The molecule has 1 N–H and O–H groups in total. The minimum absolute atomic E-state index is 0.00385. The number of aliphatic hydroxyl groups is 1. The summed E-state index contributed by atoms with van der Waals surface area (Å²) >= 11 is 0. The maximum absolute atomic E-state index is 12.8. The Kier molecular flexibility index (Phi) is 16.7. The van der Waals surface area contributed by atoms with E-state index in [0.29, 0.717) is 19.8 Å². The van der Waals surface area contributed by atoms with Crippen LogP contribution in [0.3, 0.4) is 0 Å². The van der Waals surface area contributed by atoms with Crippen molar-refractivity contribution < 1.29 is 48.0 Å². The zero-order valence-electron chi connectivity index (χ0n) is 32.1. The third-order valence-corrected chi connectivity index (χ3v) is 8.55. The first-order valence-corrected chi connectivity index (χ1v) is 17.9. The molecule has 53 heavy (non-hydrogen) atoms. The summed E-state index contributed by atoms with van der Waals surface area (Å²) in [7, 11) is 0. The Hall–Kier alpha value is -4.53. The van der Waals surface area contributed by atoms with Gasteiger partial charge in [0, 0.05) is 58.7 Å². The van der Waals surface area contributed by atoms with Gasteiger partial charge in [0.15, 0.2) is 13.2 Å². The molecule has 2 heterocycles. The van der Waals surface area contributed by atoms with Crippen LogP contribution < -0.4 is 0 Å². The van der Waals surface area contributed by atoms with Crippen molar-refractivity contribution in [1.82, 2.24) is 19.6 Å². The van der Waals surface area contributed by atoms with Crippen molar-refractivity contribution in [2.75, 3.05) is 52.6 Å². The maximum Gasteiger partial charge on any atom is 0.410 e. The van der Waals surface area contributed by atoms with Gasteiger partial charge in [0.05, 0.1) is 31.9 Å². The molecule has 4 atom stereocenters. The number of piperazine rings is 2. The molecule has 14 heteroatoms. The van der Waals surface area contributed by atoms with E-state index in [9.17, 15) is 29.1 Å². The third-order valence-electron chi connectivity index (χ3n) is 8.55. The number of carbonyl (C=O) groups excluding carboxylic acids is 5. The van der Waals surface area contributed by atoms with Crippen LogP contribution in [0.25, 0.3) is 0 Å². The molecular formula is C39H56N4O10. The number of aliphatic hydroxyl groups excluding tert-OH is 1. The summed E-state index contributed by atoms with van der Waals surface area (Å²) in [6.07, 6.45) is -0.477. The van der Waals surface area contributed by atoms with E-state index in [1.165, 1.54) is 29.2 Å². The van der Waals surface area contributed by atoms with Crippen LogP contribution in [0, 0.1) is 0 Å². The quantitative estimate of drug-likeness (QED) is 0.267. The van der Waals surface area contributed by atoms with Crippen LogP contribution >= 0.6 is 0 Å². The summed E-state index contributed by atoms with van der Waals surface area (Å²) in [6.45, 7) is 14.4. The van der Waals surface area contributed by atoms with Gasteiger partial charge in [-0.15, -0.1) is 0 Å². The molecule has 0 aliphatic carbocycles. The zero-order valence-corrected chi connectivity index (χ0v) is 32.1. The number of esters is 2. The summed E-state index contributed by atoms with van der Waals surface area (Å²) in [5, 5.41) is 9.56. The molecule has 2 fully saturated rings. The lowest BCUT2D eigenvalue weighted by Crippen LogP contribution is -2.62. The van der Waals surface area contributed by atoms with Gasteiger partial charge in [0.25, 0.3) is 11.8 Å². The van der Waals surface area contributed by atoms with Crippen molar-refractivity contribution >= 4 is 29.8 Å². The van der Waals surface area contributed by atoms with Crippen molar-refractivity contribution in [3.63, 3.8) is 0 Å². The molecule has 2 aliphatic rings. The Labute approximate surface area is 312 Å². The Morgan fingerprint density at radius 2 is 1.23 bits per heavy atom. The minimum atomic E-state index is -0.614. The molecule has 0 unspecified atom stereocenters. The molecule has 2 saturated heterocycles. The Morgan fingerprint density at radius 1 is 0.717 bits per heavy atom. The fourth-order valence-corrected chi connectivity index (χ4v) is 6.45. The number of carbonyl (C=O) groups is 5. The van der Waals surface area contributed by atoms with E-state index < -0.39 is 35.6 Å². The highest BCUT2D eigenvalue weighted by Crippen LogP contribution is 2.21. The predicted octanol–water partition coefficient (Wildman–Crippen LogP) is 3.25. The number of amides is 3. The molecule has 4 rings (SSSR count). The molecule has 2 aromatic rings. The average Bonchev–Trinajstić information content (AvgIpc) is 3.09. The SMILES string of the molecule is CC(=O)OCC(=O)N1[C@@H](CO)CN(C(=O)OC(C)(C)C)C[C@@H]1C.CC(=O)OCC(=O)N1[C@@H](COCc2ccccc2)CN(Cc2ccccc2)C[C@@H]1C. The van der Waals surface area contributed by atoms with Crippen LogP contribution in [0.15, 0.2) is 60.7 Å². The first-order valence-electron chi connectivity index (χ1n) is 17.9. The lowest BCUT2D eigenvalue weighted by Gasteiger charge is -2.45. The number of benzene rings is 2. The van der Waals surface area contributed by atoms with E-state index in [0.717, 1.165) is 18.7 Å². The number of hydrogen-bond acceptors (Lipinski definition) is 11. The largest absolute Gasteiger partial charge is 0.456 e. The summed E-state index contributed by atoms with van der Waals surface area (Å²) in [5.41, 5.74) is 1.73. The zero-order chi connectivity index (χ0) is 39.1. The van der Waals surface area contributed by atoms with Crippen molar-refractivity contribution in [3.05, 3.63) is 71.8 Å². The fourth-order valence-electron chi connectivity index (χ4n) is 6.45. The van der Waals surface area contributed by atoms with Crippen LogP contribution in [0.1, 0.15) is 59.6 Å². The third kappa shape index (κ3) is 14.4. The van der Waals surface area contributed by atoms with Crippen LogP contribution in [-0.2, 0) is 51.3 Å². The lowest BCUT2D eigenvalue weighted by molar-refractivity contribution is -0.156.